The molecule has 0 radical (unpaired) electrons. The number of halogens is 2. The first-order valence-corrected chi connectivity index (χ1v) is 6.12. The second-order valence-corrected chi connectivity index (χ2v) is 4.27. The smallest absolute Gasteiger partial charge is 0.256 e. The summed E-state index contributed by atoms with van der Waals surface area (Å²) in [5.41, 5.74) is -0.000308. The number of aryl methyl sites for hydroxylation is 1. The van der Waals surface area contributed by atoms with Crippen LogP contribution in [0.4, 0.5) is 8.78 Å². The fourth-order valence-electron chi connectivity index (χ4n) is 1.69. The van der Waals surface area contributed by atoms with Gasteiger partial charge in [0.1, 0.15) is 11.6 Å². The van der Waals surface area contributed by atoms with Crippen molar-refractivity contribution in [3.63, 3.8) is 0 Å². The SMILES string of the molecule is COCCN(CCC#N)C(=O)c1cc(C)c(F)cc1F. The van der Waals surface area contributed by atoms with E-state index in [1.807, 2.05) is 6.07 Å². The van der Waals surface area contributed by atoms with Gasteiger partial charge in [-0.2, -0.15) is 5.26 Å². The van der Waals surface area contributed by atoms with Gasteiger partial charge in [0, 0.05) is 26.3 Å². The molecule has 0 aliphatic rings. The molecule has 1 rings (SSSR count). The number of carbonyl (C=O) groups is 1. The number of rotatable bonds is 6. The molecular formula is C14H16F2N2O2. The quantitative estimate of drug-likeness (QED) is 0.804. The van der Waals surface area contributed by atoms with Crippen molar-refractivity contribution in [2.24, 2.45) is 0 Å². The highest BCUT2D eigenvalue weighted by Crippen LogP contribution is 2.16. The Morgan fingerprint density at radius 1 is 1.35 bits per heavy atom. The summed E-state index contributed by atoms with van der Waals surface area (Å²) in [5, 5.41) is 8.59. The maximum absolute atomic E-state index is 13.7. The fourth-order valence-corrected chi connectivity index (χ4v) is 1.69. The van der Waals surface area contributed by atoms with Crippen molar-refractivity contribution < 1.29 is 18.3 Å². The van der Waals surface area contributed by atoms with Crippen molar-refractivity contribution in [1.29, 1.82) is 5.26 Å². The first-order valence-electron chi connectivity index (χ1n) is 6.12. The van der Waals surface area contributed by atoms with Crippen LogP contribution in [-0.4, -0.2) is 37.6 Å². The number of methoxy groups -OCH3 is 1. The average Bonchev–Trinajstić information content (AvgIpc) is 2.42. The Hall–Kier alpha value is -2.00. The van der Waals surface area contributed by atoms with Gasteiger partial charge in [-0.25, -0.2) is 8.78 Å². The van der Waals surface area contributed by atoms with E-state index in [0.29, 0.717) is 6.07 Å². The van der Waals surface area contributed by atoms with E-state index < -0.39 is 17.5 Å². The summed E-state index contributed by atoms with van der Waals surface area (Å²) in [6.07, 6.45) is 0.136. The Morgan fingerprint density at radius 3 is 2.65 bits per heavy atom. The minimum atomic E-state index is -0.905. The summed E-state index contributed by atoms with van der Waals surface area (Å²) in [6, 6.07) is 3.80. The van der Waals surface area contributed by atoms with E-state index in [1.54, 1.807) is 0 Å². The molecule has 0 aliphatic carbocycles. The van der Waals surface area contributed by atoms with Crippen LogP contribution in [0.3, 0.4) is 0 Å². The standard InChI is InChI=1S/C14H16F2N2O2/c1-10-8-11(13(16)9-12(10)15)14(19)18(5-3-4-17)6-7-20-2/h8-9H,3,5-7H2,1-2H3. The summed E-state index contributed by atoms with van der Waals surface area (Å²) in [4.78, 5) is 13.6. The molecule has 108 valence electrons. The predicted molar refractivity (Wildman–Crippen MR) is 69.1 cm³/mol. The lowest BCUT2D eigenvalue weighted by molar-refractivity contribution is 0.0695. The van der Waals surface area contributed by atoms with E-state index in [2.05, 4.69) is 0 Å². The summed E-state index contributed by atoms with van der Waals surface area (Å²) >= 11 is 0. The molecule has 0 atom stereocenters. The van der Waals surface area contributed by atoms with Crippen molar-refractivity contribution >= 4 is 5.91 Å². The Bertz CT molecular complexity index is 527. The zero-order valence-corrected chi connectivity index (χ0v) is 11.4. The highest BCUT2D eigenvalue weighted by Gasteiger charge is 2.20. The maximum Gasteiger partial charge on any atom is 0.256 e. The van der Waals surface area contributed by atoms with Gasteiger partial charge in [0.15, 0.2) is 0 Å². The molecular weight excluding hydrogens is 266 g/mol. The Labute approximate surface area is 116 Å². The van der Waals surface area contributed by atoms with Gasteiger partial charge >= 0.3 is 0 Å². The summed E-state index contributed by atoms with van der Waals surface area (Å²) in [7, 11) is 1.48. The molecule has 0 N–H and O–H groups in total. The lowest BCUT2D eigenvalue weighted by atomic mass is 10.1. The van der Waals surface area contributed by atoms with E-state index in [1.165, 1.54) is 25.0 Å². The van der Waals surface area contributed by atoms with Crippen molar-refractivity contribution in [2.75, 3.05) is 26.8 Å². The fraction of sp³-hybridized carbons (Fsp3) is 0.429. The van der Waals surface area contributed by atoms with Crippen LogP contribution in [-0.2, 0) is 4.74 Å². The van der Waals surface area contributed by atoms with Crippen LogP contribution >= 0.6 is 0 Å². The third-order valence-electron chi connectivity index (χ3n) is 2.82. The molecule has 0 bridgehead atoms. The molecule has 0 aliphatic heterocycles. The highest BCUT2D eigenvalue weighted by molar-refractivity contribution is 5.94. The lowest BCUT2D eigenvalue weighted by Gasteiger charge is -2.21. The number of carbonyl (C=O) groups excluding carboxylic acids is 1. The second kappa shape index (κ2) is 7.56. The molecule has 6 heteroatoms. The molecule has 0 spiro atoms. The maximum atomic E-state index is 13.7. The van der Waals surface area contributed by atoms with Crippen LogP contribution in [0.2, 0.25) is 0 Å². The van der Waals surface area contributed by atoms with E-state index in [-0.39, 0.29) is 37.2 Å². The second-order valence-electron chi connectivity index (χ2n) is 4.27. The third kappa shape index (κ3) is 4.00. The van der Waals surface area contributed by atoms with Crippen LogP contribution in [0, 0.1) is 29.9 Å². The van der Waals surface area contributed by atoms with Gasteiger partial charge in [-0.15, -0.1) is 0 Å². The van der Waals surface area contributed by atoms with E-state index in [0.717, 1.165) is 0 Å². The molecule has 20 heavy (non-hydrogen) atoms. The monoisotopic (exact) mass is 282 g/mol. The van der Waals surface area contributed by atoms with E-state index in [4.69, 9.17) is 10.00 Å². The van der Waals surface area contributed by atoms with Crippen molar-refractivity contribution in [3.05, 3.63) is 34.9 Å². The molecule has 0 unspecified atom stereocenters. The first-order chi connectivity index (χ1) is 9.51. The summed E-state index contributed by atoms with van der Waals surface area (Å²) < 4.78 is 31.8. The molecule has 0 aromatic heterocycles. The Balaban J connectivity index is 2.99. The van der Waals surface area contributed by atoms with Crippen LogP contribution in [0.5, 0.6) is 0 Å². The zero-order chi connectivity index (χ0) is 15.1. The largest absolute Gasteiger partial charge is 0.383 e. The molecule has 0 fully saturated rings. The molecule has 4 nitrogen and oxygen atoms in total. The van der Waals surface area contributed by atoms with Gasteiger partial charge in [-0.1, -0.05) is 0 Å². The number of benzene rings is 1. The number of nitriles is 1. The number of nitrogens with zero attached hydrogens (tertiary/aromatic N) is 2. The minimum absolute atomic E-state index is 0.136. The van der Waals surface area contributed by atoms with E-state index >= 15 is 0 Å². The van der Waals surface area contributed by atoms with Gasteiger partial charge in [-0.05, 0) is 18.6 Å². The van der Waals surface area contributed by atoms with E-state index in [9.17, 15) is 13.6 Å². The number of hydrogen-bond donors (Lipinski definition) is 0. The molecule has 0 heterocycles. The summed E-state index contributed by atoms with van der Waals surface area (Å²) in [6.45, 7) is 2.15. The summed E-state index contributed by atoms with van der Waals surface area (Å²) in [5.74, 6) is -2.17. The topological polar surface area (TPSA) is 53.3 Å². The van der Waals surface area contributed by atoms with Gasteiger partial charge in [0.05, 0.1) is 24.7 Å². The highest BCUT2D eigenvalue weighted by atomic mass is 19.1. The predicted octanol–water partition coefficient (Wildman–Crippen LogP) is 2.28. The first kappa shape index (κ1) is 16.1. The normalized spacial score (nSPS) is 10.2. The zero-order valence-electron chi connectivity index (χ0n) is 11.4. The molecule has 0 saturated carbocycles. The number of amides is 1. The van der Waals surface area contributed by atoms with Crippen LogP contribution < -0.4 is 0 Å². The van der Waals surface area contributed by atoms with Crippen molar-refractivity contribution in [3.8, 4) is 6.07 Å². The number of ether oxygens (including phenoxy) is 1. The van der Waals surface area contributed by atoms with Gasteiger partial charge in [0.25, 0.3) is 5.91 Å². The van der Waals surface area contributed by atoms with Crippen molar-refractivity contribution in [2.45, 2.75) is 13.3 Å². The lowest BCUT2D eigenvalue weighted by Crippen LogP contribution is -2.35. The van der Waals surface area contributed by atoms with Gasteiger partial charge < -0.3 is 9.64 Å². The molecule has 1 aromatic rings. The third-order valence-corrected chi connectivity index (χ3v) is 2.82. The molecule has 1 amide bonds. The molecule has 0 saturated heterocycles. The minimum Gasteiger partial charge on any atom is -0.383 e. The Kier molecular flexibility index (Phi) is 6.07. The molecule has 1 aromatic carbocycles. The van der Waals surface area contributed by atoms with Crippen molar-refractivity contribution in [1.82, 2.24) is 4.90 Å². The average molecular weight is 282 g/mol. The Morgan fingerprint density at radius 2 is 2.05 bits per heavy atom. The van der Waals surface area contributed by atoms with Crippen LogP contribution in [0.15, 0.2) is 12.1 Å². The van der Waals surface area contributed by atoms with Gasteiger partial charge in [-0.3, -0.25) is 4.79 Å². The van der Waals surface area contributed by atoms with Crippen LogP contribution in [0.1, 0.15) is 22.3 Å². The number of hydrogen-bond acceptors (Lipinski definition) is 3. The van der Waals surface area contributed by atoms with Gasteiger partial charge in [0.2, 0.25) is 0 Å². The van der Waals surface area contributed by atoms with Crippen LogP contribution in [0.25, 0.3) is 0 Å².